The minimum Gasteiger partial charge on any atom is -0.550 e. The van der Waals surface area contributed by atoms with Crippen molar-refractivity contribution < 1.29 is 53.8 Å². The van der Waals surface area contributed by atoms with Crippen molar-refractivity contribution in [1.29, 1.82) is 0 Å². The Hall–Kier alpha value is -1.70. The third-order valence-corrected chi connectivity index (χ3v) is 11.9. The summed E-state index contributed by atoms with van der Waals surface area (Å²) in [5.41, 5.74) is 0. The quantitative estimate of drug-likeness (QED) is 0.0337. The number of unbranched alkanes of at least 4 members (excludes halogenated alkanes) is 33. The third-order valence-electron chi connectivity index (χ3n) is 11.2. The van der Waals surface area contributed by atoms with Crippen molar-refractivity contribution in [1.82, 2.24) is 0 Å². The molecule has 0 amide bonds. The predicted molar refractivity (Wildman–Crippen MR) is 270 cm³/mol. The number of hydrogen-bond acceptors (Lipinski definition) is 7. The van der Waals surface area contributed by atoms with Crippen LogP contribution in [-0.2, 0) is 38.5 Å². The van der Waals surface area contributed by atoms with Crippen molar-refractivity contribution in [2.45, 2.75) is 310 Å². The Balaban J connectivity index is -0.000000407. The molecule has 0 heterocycles. The van der Waals surface area contributed by atoms with Gasteiger partial charge in [-0.3, -0.25) is 0 Å². The summed E-state index contributed by atoms with van der Waals surface area (Å²) in [7, 11) is 0. The summed E-state index contributed by atoms with van der Waals surface area (Å²) in [4.78, 5) is 30.6. The molecule has 7 nitrogen and oxygen atoms in total. The molecule has 0 saturated heterocycles. The van der Waals surface area contributed by atoms with Crippen molar-refractivity contribution in [3.63, 3.8) is 0 Å². The van der Waals surface area contributed by atoms with Gasteiger partial charge in [-0.25, -0.2) is 0 Å². The van der Waals surface area contributed by atoms with Crippen LogP contribution in [0.3, 0.4) is 0 Å². The maximum Gasteiger partial charge on any atom is 0.0414 e. The van der Waals surface area contributed by atoms with E-state index in [1.54, 1.807) is 20.8 Å². The van der Waals surface area contributed by atoms with Crippen molar-refractivity contribution in [3.05, 3.63) is 36.5 Å². The molecule has 0 unspecified atom stereocenters. The molecular weight excluding hydrogens is 844 g/mol. The largest absolute Gasteiger partial charge is 0.550 e. The molecule has 0 N–H and O–H groups in total. The number of aliphatic carboxylic acids is 3. The van der Waals surface area contributed by atoms with Crippen molar-refractivity contribution in [3.8, 4) is 0 Å². The molecule has 0 bridgehead atoms. The zero-order chi connectivity index (χ0) is 49.0. The van der Waals surface area contributed by atoms with Crippen LogP contribution >= 0.6 is 0 Å². The zero-order valence-electron chi connectivity index (χ0n) is 43.6. The fraction of sp³-hybridized carbons (Fsp3) is 0.842. The van der Waals surface area contributed by atoms with E-state index in [0.29, 0.717) is 6.10 Å². The molecule has 0 rings (SSSR count). The molecule has 0 aromatic heterocycles. The molecular formula is C57H106O7Ti. The van der Waals surface area contributed by atoms with E-state index in [-0.39, 0.29) is 19.3 Å². The molecule has 0 atom stereocenters. The van der Waals surface area contributed by atoms with Gasteiger partial charge in [0.1, 0.15) is 0 Å². The molecule has 0 saturated carbocycles. The van der Waals surface area contributed by atoms with Crippen LogP contribution in [0.15, 0.2) is 36.5 Å². The second kappa shape index (κ2) is 66.6. The summed E-state index contributed by atoms with van der Waals surface area (Å²) in [5.74, 6) is -2.74. The number of carbonyl (C=O) groups excluding carboxylic acids is 3. The standard InChI is InChI=1S/3C18H34O2.C3H7O.Ti/c3*1-2-3-4-5-6-7-8-9-10-11-12-13-14-15-16-17-18(19)20;1-3(2)4;/h3*9-10H,2-8,11-17H2,1H3,(H,19,20);3H,1-2H3;/q;;;-1;+4/p-3. The second-order valence-corrected chi connectivity index (χ2v) is 18.7. The molecule has 380 valence electrons. The van der Waals surface area contributed by atoms with E-state index < -0.39 is 17.9 Å². The van der Waals surface area contributed by atoms with E-state index in [2.05, 4.69) is 57.2 Å². The van der Waals surface area contributed by atoms with Crippen molar-refractivity contribution in [2.24, 2.45) is 0 Å². The van der Waals surface area contributed by atoms with Gasteiger partial charge >= 0.3 is 44.1 Å². The van der Waals surface area contributed by atoms with Crippen LogP contribution in [0.4, 0.5) is 0 Å². The Bertz CT molecular complexity index is 890. The SMILES string of the molecule is CC(C)[O][Ti+3].CCCCCCCCC=CCCCCCCCC(=O)[O-].CCCCCCCCC=CCCCCCCCC(=O)[O-].CCCCCCCCC=CCCCCCCCC(=O)[O-]. The van der Waals surface area contributed by atoms with Crippen LogP contribution in [0.25, 0.3) is 0 Å². The van der Waals surface area contributed by atoms with Crippen LogP contribution in [0.5, 0.6) is 0 Å². The van der Waals surface area contributed by atoms with E-state index in [4.69, 9.17) is 3.32 Å². The van der Waals surface area contributed by atoms with Gasteiger partial charge < -0.3 is 29.7 Å². The van der Waals surface area contributed by atoms with E-state index >= 15 is 0 Å². The Labute approximate surface area is 416 Å². The van der Waals surface area contributed by atoms with Gasteiger partial charge in [0.2, 0.25) is 0 Å². The number of hydrogen-bond donors (Lipinski definition) is 0. The number of carboxylic acids is 3. The normalized spacial score (nSPS) is 11.1. The third kappa shape index (κ3) is 86.1. The molecule has 0 fully saturated rings. The summed E-state index contributed by atoms with van der Waals surface area (Å²) in [5, 5.41) is 30.6. The number of carbonyl (C=O) groups is 3. The first kappa shape index (κ1) is 69.9. The van der Waals surface area contributed by atoms with Gasteiger partial charge in [-0.05, 0) is 116 Å². The monoisotopic (exact) mass is 951 g/mol. The van der Waals surface area contributed by atoms with E-state index in [1.165, 1.54) is 193 Å². The molecule has 0 aliphatic carbocycles. The summed E-state index contributed by atoms with van der Waals surface area (Å²) >= 11 is 1.70. The summed E-state index contributed by atoms with van der Waals surface area (Å²) in [6, 6.07) is 0. The number of carboxylic acid groups (broad SMARTS) is 3. The molecule has 0 aromatic carbocycles. The maximum absolute atomic E-state index is 10.2. The number of allylic oxidation sites excluding steroid dienone is 6. The van der Waals surface area contributed by atoms with E-state index in [0.717, 1.165) is 57.8 Å². The van der Waals surface area contributed by atoms with Gasteiger partial charge in [-0.1, -0.05) is 211 Å². The fourth-order valence-electron chi connectivity index (χ4n) is 7.02. The van der Waals surface area contributed by atoms with Gasteiger partial charge in [0.25, 0.3) is 0 Å². The Kier molecular flexibility index (Phi) is 71.6. The molecule has 8 heteroatoms. The van der Waals surface area contributed by atoms with Gasteiger partial charge in [-0.2, -0.15) is 0 Å². The van der Waals surface area contributed by atoms with Gasteiger partial charge in [-0.15, -0.1) is 0 Å². The van der Waals surface area contributed by atoms with Gasteiger partial charge in [0.15, 0.2) is 0 Å². The number of rotatable bonds is 46. The zero-order valence-corrected chi connectivity index (χ0v) is 45.2. The molecule has 0 aliphatic rings. The maximum atomic E-state index is 10.2. The Morgan fingerprint density at radius 2 is 0.492 bits per heavy atom. The molecule has 0 spiro atoms. The second-order valence-electron chi connectivity index (χ2n) is 18.3. The topological polar surface area (TPSA) is 130 Å². The molecule has 0 aromatic rings. The first-order chi connectivity index (χ1) is 31.6. The minimum absolute atomic E-state index is 0.220. The van der Waals surface area contributed by atoms with Crippen LogP contribution in [0.2, 0.25) is 0 Å². The average Bonchev–Trinajstić information content (AvgIpc) is 3.28. The first-order valence-corrected chi connectivity index (χ1v) is 28.1. The van der Waals surface area contributed by atoms with Crippen LogP contribution < -0.4 is 15.3 Å². The summed E-state index contributed by atoms with van der Waals surface area (Å²) in [6.45, 7) is 10.8. The van der Waals surface area contributed by atoms with Gasteiger partial charge in [0.05, 0.1) is 0 Å². The average molecular weight is 951 g/mol. The summed E-state index contributed by atoms with van der Waals surface area (Å²) in [6.07, 6.45) is 63.1. The molecule has 65 heavy (non-hydrogen) atoms. The fourth-order valence-corrected chi connectivity index (χ4v) is 7.02. The van der Waals surface area contributed by atoms with Crippen LogP contribution in [0, 0.1) is 0 Å². The smallest absolute Gasteiger partial charge is 0.0414 e. The van der Waals surface area contributed by atoms with Crippen LogP contribution in [-0.4, -0.2) is 24.0 Å². The van der Waals surface area contributed by atoms with E-state index in [1.807, 2.05) is 13.8 Å². The summed E-state index contributed by atoms with van der Waals surface area (Å²) < 4.78 is 4.75. The molecule has 0 radical (unpaired) electrons. The Morgan fingerprint density at radius 1 is 0.338 bits per heavy atom. The van der Waals surface area contributed by atoms with Crippen molar-refractivity contribution in [2.75, 3.05) is 0 Å². The minimum atomic E-state index is -0.914. The van der Waals surface area contributed by atoms with Crippen molar-refractivity contribution >= 4 is 17.9 Å². The molecule has 0 aliphatic heterocycles. The first-order valence-electron chi connectivity index (χ1n) is 27.5. The predicted octanol–water partition coefficient (Wildman–Crippen LogP) is 15.2. The van der Waals surface area contributed by atoms with Gasteiger partial charge in [0, 0.05) is 17.9 Å². The van der Waals surface area contributed by atoms with E-state index in [9.17, 15) is 29.7 Å². The van der Waals surface area contributed by atoms with Crippen LogP contribution in [0.1, 0.15) is 304 Å². The Morgan fingerprint density at radius 3 is 0.646 bits per heavy atom.